The third-order valence-corrected chi connectivity index (χ3v) is 3.54. The number of aliphatic carboxylic acids is 1. The summed E-state index contributed by atoms with van der Waals surface area (Å²) in [7, 11) is 1.16. The molecule has 3 N–H and O–H groups in total. The standard InChI is InChI=1S/C13H22N2O6/c1-21-11(17)7-10(12(18)19)14-13(20)15-5-2-3-9(8-15)4-6-16/h9-10,16H,2-8H2,1H3,(H,14,20)(H,18,19)/t9?,10-/m0/s1. The van der Waals surface area contributed by atoms with Gasteiger partial charge in [-0.15, -0.1) is 0 Å². The van der Waals surface area contributed by atoms with E-state index in [-0.39, 0.29) is 12.5 Å². The summed E-state index contributed by atoms with van der Waals surface area (Å²) in [6, 6.07) is -1.81. The Bertz CT molecular complexity index is 385. The van der Waals surface area contributed by atoms with Gasteiger partial charge in [-0.2, -0.15) is 0 Å². The number of hydrogen-bond acceptors (Lipinski definition) is 5. The fourth-order valence-corrected chi connectivity index (χ4v) is 2.36. The molecule has 2 amide bonds. The minimum Gasteiger partial charge on any atom is -0.480 e. The van der Waals surface area contributed by atoms with E-state index in [9.17, 15) is 14.4 Å². The summed E-state index contributed by atoms with van der Waals surface area (Å²) in [6.07, 6.45) is 1.96. The van der Waals surface area contributed by atoms with Crippen molar-refractivity contribution in [1.82, 2.24) is 10.2 Å². The van der Waals surface area contributed by atoms with Crippen LogP contribution in [-0.2, 0) is 14.3 Å². The van der Waals surface area contributed by atoms with Crippen molar-refractivity contribution >= 4 is 18.0 Å². The molecule has 0 spiro atoms. The molecule has 1 unspecified atom stereocenters. The second kappa shape index (κ2) is 8.46. The van der Waals surface area contributed by atoms with Gasteiger partial charge in [0.25, 0.3) is 0 Å². The van der Waals surface area contributed by atoms with Gasteiger partial charge in [-0.05, 0) is 25.2 Å². The van der Waals surface area contributed by atoms with Crippen molar-refractivity contribution in [3.8, 4) is 0 Å². The molecule has 0 aliphatic carbocycles. The molecule has 1 saturated heterocycles. The van der Waals surface area contributed by atoms with Crippen molar-refractivity contribution in [2.75, 3.05) is 26.8 Å². The number of carboxylic acid groups (broad SMARTS) is 1. The predicted molar refractivity (Wildman–Crippen MR) is 72.6 cm³/mol. The smallest absolute Gasteiger partial charge is 0.326 e. The van der Waals surface area contributed by atoms with Gasteiger partial charge < -0.3 is 25.2 Å². The normalized spacial score (nSPS) is 19.7. The van der Waals surface area contributed by atoms with Gasteiger partial charge in [0.05, 0.1) is 13.5 Å². The number of carbonyl (C=O) groups excluding carboxylic acids is 2. The van der Waals surface area contributed by atoms with Gasteiger partial charge in [-0.3, -0.25) is 4.79 Å². The summed E-state index contributed by atoms with van der Waals surface area (Å²) in [5, 5.41) is 20.3. The topological polar surface area (TPSA) is 116 Å². The molecule has 21 heavy (non-hydrogen) atoms. The molecule has 0 aromatic heterocycles. The van der Waals surface area contributed by atoms with Gasteiger partial charge in [0.15, 0.2) is 0 Å². The molecule has 1 aliphatic heterocycles. The molecule has 8 nitrogen and oxygen atoms in total. The van der Waals surface area contributed by atoms with Gasteiger partial charge in [-0.1, -0.05) is 0 Å². The molecule has 0 aromatic carbocycles. The minimum atomic E-state index is -1.30. The number of ether oxygens (including phenoxy) is 1. The third kappa shape index (κ3) is 5.58. The van der Waals surface area contributed by atoms with Crippen LogP contribution >= 0.6 is 0 Å². The van der Waals surface area contributed by atoms with E-state index in [1.54, 1.807) is 0 Å². The van der Waals surface area contributed by atoms with Gasteiger partial charge in [0, 0.05) is 19.7 Å². The van der Waals surface area contributed by atoms with Crippen LogP contribution in [0.15, 0.2) is 0 Å². The molecule has 0 saturated carbocycles. The lowest BCUT2D eigenvalue weighted by Crippen LogP contribution is -2.51. The first-order valence-corrected chi connectivity index (χ1v) is 6.93. The highest BCUT2D eigenvalue weighted by molar-refractivity contribution is 5.86. The lowest BCUT2D eigenvalue weighted by atomic mass is 9.95. The quantitative estimate of drug-likeness (QED) is 0.585. The van der Waals surface area contributed by atoms with Crippen LogP contribution in [0.1, 0.15) is 25.7 Å². The lowest BCUT2D eigenvalue weighted by Gasteiger charge is -2.33. The fraction of sp³-hybridized carbons (Fsp3) is 0.769. The number of esters is 1. The summed E-state index contributed by atoms with van der Waals surface area (Å²) in [6.45, 7) is 1.09. The van der Waals surface area contributed by atoms with E-state index >= 15 is 0 Å². The maximum atomic E-state index is 12.1. The van der Waals surface area contributed by atoms with Crippen LogP contribution in [0.25, 0.3) is 0 Å². The van der Waals surface area contributed by atoms with E-state index < -0.39 is 30.4 Å². The number of rotatable bonds is 6. The monoisotopic (exact) mass is 302 g/mol. The van der Waals surface area contributed by atoms with Crippen molar-refractivity contribution in [2.24, 2.45) is 5.92 Å². The largest absolute Gasteiger partial charge is 0.480 e. The minimum absolute atomic E-state index is 0.0697. The molecular weight excluding hydrogens is 280 g/mol. The maximum absolute atomic E-state index is 12.1. The Kier molecular flexibility index (Phi) is 6.93. The molecule has 8 heteroatoms. The van der Waals surface area contributed by atoms with Gasteiger partial charge in [0.2, 0.25) is 0 Å². The van der Waals surface area contributed by atoms with Crippen molar-refractivity contribution in [1.29, 1.82) is 0 Å². The van der Waals surface area contributed by atoms with E-state index in [1.165, 1.54) is 4.90 Å². The van der Waals surface area contributed by atoms with E-state index in [1.807, 2.05) is 0 Å². The SMILES string of the molecule is COC(=O)C[C@H](NC(=O)N1CCCC(CCO)C1)C(=O)O. The molecule has 1 rings (SSSR count). The summed E-state index contributed by atoms with van der Waals surface area (Å²) in [5.41, 5.74) is 0. The van der Waals surface area contributed by atoms with E-state index in [0.717, 1.165) is 20.0 Å². The van der Waals surface area contributed by atoms with Crippen molar-refractivity contribution in [2.45, 2.75) is 31.7 Å². The number of nitrogens with one attached hydrogen (secondary N) is 1. The van der Waals surface area contributed by atoms with E-state index in [2.05, 4.69) is 10.1 Å². The Balaban J connectivity index is 2.56. The van der Waals surface area contributed by atoms with Gasteiger partial charge in [-0.25, -0.2) is 9.59 Å². The molecule has 2 atom stereocenters. The predicted octanol–water partition coefficient (Wildman–Crippen LogP) is -0.193. The molecule has 120 valence electrons. The zero-order valence-corrected chi connectivity index (χ0v) is 12.1. The highest BCUT2D eigenvalue weighted by atomic mass is 16.5. The third-order valence-electron chi connectivity index (χ3n) is 3.54. The van der Waals surface area contributed by atoms with Crippen LogP contribution in [0.5, 0.6) is 0 Å². The number of piperidine rings is 1. The molecule has 0 radical (unpaired) electrons. The Morgan fingerprint density at radius 2 is 2.14 bits per heavy atom. The fourth-order valence-electron chi connectivity index (χ4n) is 2.36. The van der Waals surface area contributed by atoms with Crippen molar-refractivity contribution in [3.05, 3.63) is 0 Å². The number of carbonyl (C=O) groups is 3. The summed E-state index contributed by atoms with van der Waals surface area (Å²) in [4.78, 5) is 35.8. The average Bonchev–Trinajstić information content (AvgIpc) is 2.46. The Labute approximate surface area is 123 Å². The molecular formula is C13H22N2O6. The number of urea groups is 1. The van der Waals surface area contributed by atoms with E-state index in [4.69, 9.17) is 10.2 Å². The van der Waals surface area contributed by atoms with Crippen LogP contribution in [0.3, 0.4) is 0 Å². The highest BCUT2D eigenvalue weighted by Gasteiger charge is 2.28. The number of amides is 2. The van der Waals surface area contributed by atoms with Crippen molar-refractivity contribution < 1.29 is 29.3 Å². The number of hydrogen-bond donors (Lipinski definition) is 3. The lowest BCUT2D eigenvalue weighted by molar-refractivity contribution is -0.147. The van der Waals surface area contributed by atoms with Crippen LogP contribution in [0.4, 0.5) is 4.79 Å². The summed E-state index contributed by atoms with van der Waals surface area (Å²) in [5.74, 6) is -1.75. The highest BCUT2D eigenvalue weighted by Crippen LogP contribution is 2.19. The number of carboxylic acids is 1. The molecule has 1 fully saturated rings. The number of likely N-dealkylation sites (tertiary alicyclic amines) is 1. The molecule has 1 heterocycles. The Morgan fingerprint density at radius 1 is 1.43 bits per heavy atom. The second-order valence-electron chi connectivity index (χ2n) is 5.09. The number of aliphatic hydroxyl groups excluding tert-OH is 1. The van der Waals surface area contributed by atoms with Crippen LogP contribution < -0.4 is 5.32 Å². The first-order chi connectivity index (χ1) is 9.97. The maximum Gasteiger partial charge on any atom is 0.326 e. The van der Waals surface area contributed by atoms with Gasteiger partial charge >= 0.3 is 18.0 Å². The first kappa shape index (κ1) is 17.2. The number of aliphatic hydroxyl groups is 1. The Hall–Kier alpha value is -1.83. The number of methoxy groups -OCH3 is 1. The number of nitrogens with zero attached hydrogens (tertiary/aromatic N) is 1. The summed E-state index contributed by atoms with van der Waals surface area (Å²) < 4.78 is 4.41. The second-order valence-corrected chi connectivity index (χ2v) is 5.09. The van der Waals surface area contributed by atoms with Crippen LogP contribution in [0, 0.1) is 5.92 Å². The van der Waals surface area contributed by atoms with E-state index in [0.29, 0.717) is 19.5 Å². The zero-order chi connectivity index (χ0) is 15.8. The first-order valence-electron chi connectivity index (χ1n) is 6.93. The van der Waals surface area contributed by atoms with Crippen LogP contribution in [-0.4, -0.2) is 65.9 Å². The molecule has 0 bridgehead atoms. The van der Waals surface area contributed by atoms with Crippen LogP contribution in [0.2, 0.25) is 0 Å². The Morgan fingerprint density at radius 3 is 2.71 bits per heavy atom. The zero-order valence-electron chi connectivity index (χ0n) is 12.1. The summed E-state index contributed by atoms with van der Waals surface area (Å²) >= 11 is 0. The molecule has 0 aromatic rings. The van der Waals surface area contributed by atoms with Gasteiger partial charge in [0.1, 0.15) is 6.04 Å². The average molecular weight is 302 g/mol. The van der Waals surface area contributed by atoms with Crippen molar-refractivity contribution in [3.63, 3.8) is 0 Å². The molecule has 1 aliphatic rings.